The van der Waals surface area contributed by atoms with E-state index in [1.54, 1.807) is 0 Å². The van der Waals surface area contributed by atoms with E-state index in [9.17, 15) is 14.3 Å². The summed E-state index contributed by atoms with van der Waals surface area (Å²) in [5.41, 5.74) is 0.187. The fourth-order valence-electron chi connectivity index (χ4n) is 1.43. The fourth-order valence-corrected chi connectivity index (χ4v) is 1.62. The van der Waals surface area contributed by atoms with Gasteiger partial charge in [-0.25, -0.2) is 4.39 Å². The van der Waals surface area contributed by atoms with E-state index < -0.39 is 5.82 Å². The first-order chi connectivity index (χ1) is 7.65. The van der Waals surface area contributed by atoms with Crippen LogP contribution in [-0.4, -0.2) is 16.8 Å². The van der Waals surface area contributed by atoms with Gasteiger partial charge in [-0.2, -0.15) is 0 Å². The topological polar surface area (TPSA) is 37.3 Å². The summed E-state index contributed by atoms with van der Waals surface area (Å²) >= 11 is 5.51. The van der Waals surface area contributed by atoms with Crippen molar-refractivity contribution in [3.63, 3.8) is 0 Å². The van der Waals surface area contributed by atoms with Crippen LogP contribution < -0.4 is 0 Å². The number of alkyl halides is 1. The van der Waals surface area contributed by atoms with Crippen molar-refractivity contribution in [1.82, 2.24) is 0 Å². The van der Waals surface area contributed by atoms with Crippen molar-refractivity contribution in [2.24, 2.45) is 0 Å². The van der Waals surface area contributed by atoms with Crippen molar-refractivity contribution < 1.29 is 14.3 Å². The molecule has 1 N–H and O–H groups in total. The number of benzene rings is 1. The summed E-state index contributed by atoms with van der Waals surface area (Å²) in [7, 11) is 0. The van der Waals surface area contributed by atoms with Gasteiger partial charge in [0.2, 0.25) is 0 Å². The molecule has 0 fully saturated rings. The van der Waals surface area contributed by atoms with E-state index in [2.05, 4.69) is 0 Å². The Morgan fingerprint density at radius 3 is 2.69 bits per heavy atom. The molecule has 16 heavy (non-hydrogen) atoms. The maximum Gasteiger partial charge on any atom is 0.166 e. The summed E-state index contributed by atoms with van der Waals surface area (Å²) < 4.78 is 12.7. The molecular formula is C12H14ClFO2. The first-order valence-corrected chi connectivity index (χ1v) is 5.76. The largest absolute Gasteiger partial charge is 0.507 e. The van der Waals surface area contributed by atoms with Gasteiger partial charge in [-0.15, -0.1) is 11.6 Å². The Bertz CT molecular complexity index is 366. The Labute approximate surface area is 99.0 Å². The SMILES string of the molecule is O=C(CCCCCCl)c1ccc(F)cc1O. The summed E-state index contributed by atoms with van der Waals surface area (Å²) in [6.07, 6.45) is 2.86. The van der Waals surface area contributed by atoms with Crippen molar-refractivity contribution in [1.29, 1.82) is 0 Å². The zero-order valence-corrected chi connectivity index (χ0v) is 9.63. The van der Waals surface area contributed by atoms with Crippen LogP contribution in [0.3, 0.4) is 0 Å². The van der Waals surface area contributed by atoms with Crippen molar-refractivity contribution in [3.05, 3.63) is 29.6 Å². The van der Waals surface area contributed by atoms with E-state index >= 15 is 0 Å². The molecule has 0 saturated heterocycles. The highest BCUT2D eigenvalue weighted by Crippen LogP contribution is 2.20. The minimum atomic E-state index is -0.545. The van der Waals surface area contributed by atoms with Gasteiger partial charge in [0.15, 0.2) is 5.78 Å². The molecule has 0 aliphatic rings. The molecule has 0 saturated carbocycles. The summed E-state index contributed by atoms with van der Waals surface area (Å²) in [5, 5.41) is 9.38. The second-order valence-corrected chi connectivity index (χ2v) is 3.96. The van der Waals surface area contributed by atoms with Crippen molar-refractivity contribution in [2.75, 3.05) is 5.88 Å². The minimum Gasteiger partial charge on any atom is -0.507 e. The Kier molecular flexibility index (Phi) is 5.26. The molecule has 0 bridgehead atoms. The number of carbonyl (C=O) groups is 1. The third kappa shape index (κ3) is 3.81. The quantitative estimate of drug-likeness (QED) is 0.472. The minimum absolute atomic E-state index is 0.160. The van der Waals surface area contributed by atoms with Crippen molar-refractivity contribution in [3.8, 4) is 5.75 Å². The predicted molar refractivity (Wildman–Crippen MR) is 61.6 cm³/mol. The maximum absolute atomic E-state index is 12.7. The van der Waals surface area contributed by atoms with Gasteiger partial charge in [0.1, 0.15) is 11.6 Å². The molecule has 1 rings (SSSR count). The van der Waals surface area contributed by atoms with Crippen LogP contribution in [0.25, 0.3) is 0 Å². The molecule has 0 aliphatic heterocycles. The number of hydrogen-bond donors (Lipinski definition) is 1. The Hall–Kier alpha value is -1.09. The summed E-state index contributed by atoms with van der Waals surface area (Å²) in [5.74, 6) is -0.402. The Balaban J connectivity index is 2.53. The molecule has 0 atom stereocenters. The standard InChI is InChI=1S/C12H14ClFO2/c13-7-3-1-2-4-11(15)10-6-5-9(14)8-12(10)16/h5-6,8,16H,1-4,7H2. The highest BCUT2D eigenvalue weighted by molar-refractivity contribution is 6.17. The van der Waals surface area contributed by atoms with Crippen LogP contribution in [0.5, 0.6) is 5.75 Å². The number of phenolic OH excluding ortho intramolecular Hbond substituents is 1. The summed E-state index contributed by atoms with van der Waals surface area (Å²) in [6, 6.07) is 3.44. The molecule has 1 aromatic rings. The lowest BCUT2D eigenvalue weighted by Crippen LogP contribution is -1.99. The zero-order chi connectivity index (χ0) is 12.0. The number of halogens is 2. The molecule has 88 valence electrons. The van der Waals surface area contributed by atoms with E-state index in [0.717, 1.165) is 25.3 Å². The van der Waals surface area contributed by atoms with Crippen LogP contribution >= 0.6 is 11.6 Å². The summed E-state index contributed by atoms with van der Waals surface area (Å²) in [4.78, 5) is 11.6. The Morgan fingerprint density at radius 1 is 1.31 bits per heavy atom. The number of Topliss-reactive ketones (excluding diaryl/α,β-unsaturated/α-hetero) is 1. The van der Waals surface area contributed by atoms with Gasteiger partial charge in [-0.05, 0) is 25.0 Å². The van der Waals surface area contributed by atoms with E-state index in [-0.39, 0.29) is 17.1 Å². The van der Waals surface area contributed by atoms with E-state index in [0.29, 0.717) is 12.3 Å². The summed E-state index contributed by atoms with van der Waals surface area (Å²) in [6.45, 7) is 0. The second-order valence-electron chi connectivity index (χ2n) is 3.58. The molecule has 2 nitrogen and oxygen atoms in total. The van der Waals surface area contributed by atoms with Gasteiger partial charge < -0.3 is 5.11 Å². The average molecular weight is 245 g/mol. The molecular weight excluding hydrogens is 231 g/mol. The van der Waals surface area contributed by atoms with Crippen LogP contribution in [-0.2, 0) is 0 Å². The van der Waals surface area contributed by atoms with Crippen LogP contribution in [0.4, 0.5) is 4.39 Å². The molecule has 0 heterocycles. The molecule has 0 unspecified atom stereocenters. The van der Waals surface area contributed by atoms with E-state index in [1.807, 2.05) is 0 Å². The monoisotopic (exact) mass is 244 g/mol. The molecule has 0 radical (unpaired) electrons. The highest BCUT2D eigenvalue weighted by Gasteiger charge is 2.11. The average Bonchev–Trinajstić information content (AvgIpc) is 2.24. The zero-order valence-electron chi connectivity index (χ0n) is 8.88. The van der Waals surface area contributed by atoms with Crippen LogP contribution in [0.15, 0.2) is 18.2 Å². The van der Waals surface area contributed by atoms with E-state index in [4.69, 9.17) is 11.6 Å². The third-order valence-electron chi connectivity index (χ3n) is 2.30. The molecule has 0 amide bonds. The van der Waals surface area contributed by atoms with Crippen molar-refractivity contribution >= 4 is 17.4 Å². The molecule has 1 aromatic carbocycles. The number of hydrogen-bond acceptors (Lipinski definition) is 2. The first kappa shape index (κ1) is 13.0. The highest BCUT2D eigenvalue weighted by atomic mass is 35.5. The van der Waals surface area contributed by atoms with Crippen LogP contribution in [0.2, 0.25) is 0 Å². The lowest BCUT2D eigenvalue weighted by atomic mass is 10.0. The van der Waals surface area contributed by atoms with Gasteiger partial charge in [0, 0.05) is 18.4 Å². The van der Waals surface area contributed by atoms with E-state index in [1.165, 1.54) is 12.1 Å². The number of ketones is 1. The van der Waals surface area contributed by atoms with Gasteiger partial charge in [0.05, 0.1) is 5.56 Å². The predicted octanol–water partition coefficient (Wildman–Crippen LogP) is 3.51. The number of unbranched alkanes of at least 4 members (excludes halogenated alkanes) is 2. The molecule has 0 aromatic heterocycles. The number of rotatable bonds is 6. The van der Waals surface area contributed by atoms with Crippen LogP contribution in [0.1, 0.15) is 36.0 Å². The van der Waals surface area contributed by atoms with Gasteiger partial charge >= 0.3 is 0 Å². The smallest absolute Gasteiger partial charge is 0.166 e. The molecule has 4 heteroatoms. The van der Waals surface area contributed by atoms with Gasteiger partial charge in [0.25, 0.3) is 0 Å². The third-order valence-corrected chi connectivity index (χ3v) is 2.56. The van der Waals surface area contributed by atoms with Gasteiger partial charge in [-0.3, -0.25) is 4.79 Å². The molecule has 0 aliphatic carbocycles. The lowest BCUT2D eigenvalue weighted by molar-refractivity contribution is 0.0976. The van der Waals surface area contributed by atoms with Crippen LogP contribution in [0, 0.1) is 5.82 Å². The van der Waals surface area contributed by atoms with Crippen molar-refractivity contribution in [2.45, 2.75) is 25.7 Å². The lowest BCUT2D eigenvalue weighted by Gasteiger charge is -2.03. The second kappa shape index (κ2) is 6.48. The fraction of sp³-hybridized carbons (Fsp3) is 0.417. The number of carbonyl (C=O) groups excluding carboxylic acids is 1. The Morgan fingerprint density at radius 2 is 2.06 bits per heavy atom. The first-order valence-electron chi connectivity index (χ1n) is 5.23. The number of phenols is 1. The molecule has 0 spiro atoms. The number of aromatic hydroxyl groups is 1. The maximum atomic E-state index is 12.7. The normalized spacial score (nSPS) is 10.4. The van der Waals surface area contributed by atoms with Gasteiger partial charge in [-0.1, -0.05) is 6.42 Å².